The Labute approximate surface area is 569 Å². The summed E-state index contributed by atoms with van der Waals surface area (Å²) < 4.78 is 34.9. The Bertz CT molecular complexity index is 1910. The third-order valence-electron chi connectivity index (χ3n) is 19.6. The lowest BCUT2D eigenvalue weighted by Gasteiger charge is -2.50. The molecule has 3 heterocycles. The van der Waals surface area contributed by atoms with Crippen LogP contribution in [-0.2, 0) is 42.8 Å². The lowest BCUT2D eigenvalue weighted by molar-refractivity contribution is -0.386. The van der Waals surface area contributed by atoms with Gasteiger partial charge in [-0.25, -0.2) is 4.79 Å². The van der Waals surface area contributed by atoms with Gasteiger partial charge in [-0.2, -0.15) is 0 Å². The Morgan fingerprint density at radius 3 is 1.32 bits per heavy atom. The Balaban J connectivity index is 1.48. The number of carboxylic acids is 1. The van der Waals surface area contributed by atoms with Crippen LogP contribution in [0.5, 0.6) is 0 Å². The Morgan fingerprint density at radius 2 is 0.916 bits per heavy atom. The van der Waals surface area contributed by atoms with Crippen LogP contribution in [0.25, 0.3) is 0 Å². The number of carbonyl (C=O) groups is 3. The molecule has 14 N–H and O–H groups in total. The first kappa shape index (κ1) is 86.9. The summed E-state index contributed by atoms with van der Waals surface area (Å²) in [6, 6.07) is -2.52. The number of hydrogen-bond acceptors (Lipinski definition) is 20. The highest BCUT2D eigenvalue weighted by molar-refractivity contribution is 5.77. The van der Waals surface area contributed by atoms with Crippen LogP contribution in [-0.4, -0.2) is 215 Å². The first-order valence-electron chi connectivity index (χ1n) is 37.9. The molecule has 0 aromatic carbocycles. The lowest BCUT2D eigenvalue weighted by atomic mass is 9.88. The predicted molar refractivity (Wildman–Crippen MR) is 362 cm³/mol. The number of amides is 2. The summed E-state index contributed by atoms with van der Waals surface area (Å²) in [4.78, 5) is 38.6. The molecule has 18 atom stereocenters. The first-order valence-corrected chi connectivity index (χ1v) is 37.9. The summed E-state index contributed by atoms with van der Waals surface area (Å²) >= 11 is 0. The van der Waals surface area contributed by atoms with Crippen LogP contribution in [0, 0.1) is 0 Å². The number of nitrogens with one attached hydrogen (secondary N) is 2. The summed E-state index contributed by atoms with van der Waals surface area (Å²) in [7, 11) is 0. The third kappa shape index (κ3) is 34.3. The van der Waals surface area contributed by atoms with Gasteiger partial charge in [0.15, 0.2) is 12.6 Å². The SMILES string of the molecule is CCCCCCCCCCCCCCCCCCCCCCCCCCCCCCCC(=O)NC(COC1OC(CO)C(OC2OC(CO)C(O)C(OC3(C(=O)O)CC(O)C(NC(C)=O)C(C(O)C(O)CO)O3)C2O)C(O)C1O)C(O)CCCCCCCCCCCCCC. The summed E-state index contributed by atoms with van der Waals surface area (Å²) in [6.45, 7) is 2.23. The highest BCUT2D eigenvalue weighted by atomic mass is 16.8. The van der Waals surface area contributed by atoms with Gasteiger partial charge in [0, 0.05) is 19.8 Å². The average Bonchev–Trinajstić information content (AvgIpc) is 0.760. The van der Waals surface area contributed by atoms with E-state index in [2.05, 4.69) is 24.5 Å². The molecule has 0 bridgehead atoms. The Kier molecular flexibility index (Phi) is 48.2. The quantitative estimate of drug-likeness (QED) is 0.0254. The topological polar surface area (TPSA) is 373 Å². The molecule has 3 rings (SSSR count). The summed E-state index contributed by atoms with van der Waals surface area (Å²) in [6.07, 6.45) is 22.7. The number of carboxylic acid groups (broad SMARTS) is 1. The second kappa shape index (κ2) is 52.7. The largest absolute Gasteiger partial charge is 0.477 e. The van der Waals surface area contributed by atoms with E-state index in [9.17, 15) is 75.7 Å². The van der Waals surface area contributed by atoms with Gasteiger partial charge in [0.25, 0.3) is 5.79 Å². The summed E-state index contributed by atoms with van der Waals surface area (Å²) in [5.41, 5.74) is 0. The predicted octanol–water partition coefficient (Wildman–Crippen LogP) is 8.46. The molecule has 560 valence electrons. The molecule has 0 spiro atoms. The van der Waals surface area contributed by atoms with Gasteiger partial charge in [-0.15, -0.1) is 0 Å². The van der Waals surface area contributed by atoms with Crippen LogP contribution >= 0.6 is 0 Å². The molecule has 95 heavy (non-hydrogen) atoms. The zero-order valence-corrected chi connectivity index (χ0v) is 58.8. The van der Waals surface area contributed by atoms with Crippen LogP contribution in [0.4, 0.5) is 0 Å². The fourth-order valence-electron chi connectivity index (χ4n) is 13.5. The number of aliphatic hydroxyl groups excluding tert-OH is 11. The van der Waals surface area contributed by atoms with E-state index in [1.54, 1.807) is 0 Å². The Morgan fingerprint density at radius 1 is 0.505 bits per heavy atom. The minimum absolute atomic E-state index is 0.229. The van der Waals surface area contributed by atoms with Gasteiger partial charge in [0.1, 0.15) is 67.1 Å². The summed E-state index contributed by atoms with van der Waals surface area (Å²) in [5, 5.41) is 136. The molecule has 0 aromatic heterocycles. The van der Waals surface area contributed by atoms with Crippen LogP contribution in [0.2, 0.25) is 0 Å². The molecule has 0 aliphatic carbocycles. The molecule has 23 heteroatoms. The lowest BCUT2D eigenvalue weighted by Crippen LogP contribution is -2.70. The van der Waals surface area contributed by atoms with Crippen molar-refractivity contribution < 1.29 is 104 Å². The van der Waals surface area contributed by atoms with Crippen molar-refractivity contribution >= 4 is 17.8 Å². The smallest absolute Gasteiger partial charge is 0.364 e. The number of ether oxygens (including phenoxy) is 6. The fourth-order valence-corrected chi connectivity index (χ4v) is 13.5. The van der Waals surface area contributed by atoms with Gasteiger partial charge in [-0.3, -0.25) is 9.59 Å². The van der Waals surface area contributed by atoms with Crippen LogP contribution < -0.4 is 10.6 Å². The second-order valence-corrected chi connectivity index (χ2v) is 27.9. The van der Waals surface area contributed by atoms with E-state index in [1.807, 2.05) is 0 Å². The number of carbonyl (C=O) groups excluding carboxylic acids is 2. The maximum Gasteiger partial charge on any atom is 0.364 e. The molecule has 3 fully saturated rings. The van der Waals surface area contributed by atoms with Crippen molar-refractivity contribution in [1.29, 1.82) is 0 Å². The number of hydrogen-bond donors (Lipinski definition) is 14. The minimum atomic E-state index is -3.08. The highest BCUT2D eigenvalue weighted by Gasteiger charge is 2.60. The fraction of sp³-hybridized carbons (Fsp3) is 0.958. The van der Waals surface area contributed by atoms with Crippen molar-refractivity contribution in [1.82, 2.24) is 10.6 Å². The van der Waals surface area contributed by atoms with Gasteiger partial charge in [0.2, 0.25) is 11.8 Å². The first-order chi connectivity index (χ1) is 45.9. The van der Waals surface area contributed by atoms with Gasteiger partial charge in [-0.05, 0) is 12.8 Å². The molecule has 0 saturated carbocycles. The standard InChI is InChI=1S/C72H136N2O21/c1-4-6-8-10-12-14-16-18-19-20-21-22-23-24-25-26-27-28-29-30-31-32-33-34-36-38-40-42-44-46-59(82)74-53(54(79)45-43-41-39-37-35-17-15-13-11-9-7-5-2)51-90-69-64(86)63(85)66(58(50-77)92-69)93-70-65(87)68(62(84)57(49-76)91-70)95-72(71(88)89)47-55(80)60(73-52(3)78)67(94-72)61(83)56(81)48-75/h53-58,60-70,75-77,79-81,83-87H,4-51H2,1-3H3,(H,73,78)(H,74,82)(H,88,89). The van der Waals surface area contributed by atoms with Gasteiger partial charge in [0.05, 0.1) is 50.7 Å². The number of aliphatic carboxylic acids is 1. The normalized spacial score (nSPS) is 27.7. The van der Waals surface area contributed by atoms with Gasteiger partial charge in [-0.1, -0.05) is 271 Å². The maximum atomic E-state index is 13.5. The zero-order chi connectivity index (χ0) is 69.6. The molecule has 0 radical (unpaired) electrons. The summed E-state index contributed by atoms with van der Waals surface area (Å²) in [5.74, 6) is -6.09. The minimum Gasteiger partial charge on any atom is -0.477 e. The molecule has 23 nitrogen and oxygen atoms in total. The highest BCUT2D eigenvalue weighted by Crippen LogP contribution is 2.39. The maximum absolute atomic E-state index is 13.5. The molecule has 18 unspecified atom stereocenters. The number of aliphatic hydroxyl groups is 11. The second-order valence-electron chi connectivity index (χ2n) is 27.9. The molecular weight excluding hydrogens is 1230 g/mol. The number of unbranched alkanes of at least 4 members (excludes halogenated alkanes) is 39. The van der Waals surface area contributed by atoms with Crippen molar-refractivity contribution in [3.05, 3.63) is 0 Å². The van der Waals surface area contributed by atoms with Crippen LogP contribution in [0.15, 0.2) is 0 Å². The van der Waals surface area contributed by atoms with E-state index < -0.39 is 148 Å². The molecule has 2 amide bonds. The van der Waals surface area contributed by atoms with E-state index in [0.29, 0.717) is 19.3 Å². The molecule has 3 aliphatic heterocycles. The average molecular weight is 1370 g/mol. The van der Waals surface area contributed by atoms with Crippen LogP contribution in [0.1, 0.15) is 303 Å². The monoisotopic (exact) mass is 1360 g/mol. The van der Waals surface area contributed by atoms with Gasteiger partial charge < -0.3 is 100 Å². The van der Waals surface area contributed by atoms with Crippen molar-refractivity contribution in [2.45, 2.75) is 413 Å². The Hall–Kier alpha value is -2.27. The van der Waals surface area contributed by atoms with Crippen molar-refractivity contribution in [2.24, 2.45) is 0 Å². The van der Waals surface area contributed by atoms with E-state index in [4.69, 9.17) is 28.4 Å². The van der Waals surface area contributed by atoms with Crippen molar-refractivity contribution in [2.75, 3.05) is 26.4 Å². The third-order valence-corrected chi connectivity index (χ3v) is 19.6. The van der Waals surface area contributed by atoms with E-state index in [0.717, 1.165) is 51.9 Å². The molecule has 0 aromatic rings. The molecular formula is C72H136N2O21. The van der Waals surface area contributed by atoms with E-state index >= 15 is 0 Å². The zero-order valence-electron chi connectivity index (χ0n) is 58.8. The van der Waals surface area contributed by atoms with Gasteiger partial charge >= 0.3 is 5.97 Å². The van der Waals surface area contributed by atoms with E-state index in [-0.39, 0.29) is 18.9 Å². The molecule has 3 aliphatic rings. The molecule has 3 saturated heterocycles. The van der Waals surface area contributed by atoms with Crippen molar-refractivity contribution in [3.63, 3.8) is 0 Å². The van der Waals surface area contributed by atoms with Crippen molar-refractivity contribution in [3.8, 4) is 0 Å². The van der Waals surface area contributed by atoms with Crippen LogP contribution in [0.3, 0.4) is 0 Å². The number of rotatable bonds is 59. The van der Waals surface area contributed by atoms with E-state index in [1.165, 1.54) is 205 Å².